The predicted molar refractivity (Wildman–Crippen MR) is 114 cm³/mol. The van der Waals surface area contributed by atoms with E-state index in [1.165, 1.54) is 24.3 Å². The lowest BCUT2D eigenvalue weighted by Gasteiger charge is -2.11. The highest BCUT2D eigenvalue weighted by molar-refractivity contribution is 7.99. The van der Waals surface area contributed by atoms with Gasteiger partial charge in [-0.05, 0) is 42.5 Å². The molecule has 1 aromatic heterocycles. The zero-order valence-electron chi connectivity index (χ0n) is 16.9. The first kappa shape index (κ1) is 24.5. The molecule has 174 valence electrons. The molecule has 0 saturated heterocycles. The van der Waals surface area contributed by atoms with Crippen molar-refractivity contribution in [1.29, 1.82) is 0 Å². The molecule has 0 bridgehead atoms. The molecule has 2 aromatic carbocycles. The van der Waals surface area contributed by atoms with Gasteiger partial charge in [0.1, 0.15) is 5.82 Å². The molecule has 7 nitrogen and oxygen atoms in total. The van der Waals surface area contributed by atoms with Crippen LogP contribution in [0.5, 0.6) is 0 Å². The molecular formula is C20H16ClF4N5O2S. The van der Waals surface area contributed by atoms with Gasteiger partial charge in [0.05, 0.1) is 28.6 Å². The Hall–Kier alpha value is -3.12. The van der Waals surface area contributed by atoms with E-state index in [9.17, 15) is 27.2 Å². The first-order valence-corrected chi connectivity index (χ1v) is 10.6. The standard InChI is InChI=1S/C20H16ClF4N5O2S/c1-30-16(9-26-18(32)11-2-5-13(22)6-3-11)28-29-19(30)33-10-17(31)27-15-8-12(20(23,24)25)4-7-14(15)21/h2-8H,9-10H2,1H3,(H,26,32)(H,27,31). The summed E-state index contributed by atoms with van der Waals surface area (Å²) in [5.74, 6) is -1.24. The minimum absolute atomic E-state index is 0.0285. The summed E-state index contributed by atoms with van der Waals surface area (Å²) in [6.45, 7) is 0.0340. The number of amides is 2. The van der Waals surface area contributed by atoms with E-state index >= 15 is 0 Å². The number of nitrogens with one attached hydrogen (secondary N) is 2. The number of anilines is 1. The summed E-state index contributed by atoms with van der Waals surface area (Å²) in [5.41, 5.74) is -0.812. The molecule has 0 atom stereocenters. The van der Waals surface area contributed by atoms with E-state index in [4.69, 9.17) is 11.6 Å². The summed E-state index contributed by atoms with van der Waals surface area (Å²) in [6, 6.07) is 7.67. The van der Waals surface area contributed by atoms with Crippen LogP contribution in [0.15, 0.2) is 47.6 Å². The van der Waals surface area contributed by atoms with Gasteiger partial charge in [0.2, 0.25) is 5.91 Å². The molecule has 0 aliphatic heterocycles. The highest BCUT2D eigenvalue weighted by atomic mass is 35.5. The molecule has 0 unspecified atom stereocenters. The molecule has 33 heavy (non-hydrogen) atoms. The lowest BCUT2D eigenvalue weighted by molar-refractivity contribution is -0.137. The van der Waals surface area contributed by atoms with Crippen molar-refractivity contribution in [2.24, 2.45) is 7.05 Å². The second-order valence-electron chi connectivity index (χ2n) is 6.68. The van der Waals surface area contributed by atoms with Crippen molar-refractivity contribution in [3.8, 4) is 0 Å². The summed E-state index contributed by atoms with van der Waals surface area (Å²) in [7, 11) is 1.63. The van der Waals surface area contributed by atoms with Crippen molar-refractivity contribution in [3.63, 3.8) is 0 Å². The Morgan fingerprint density at radius 2 is 1.82 bits per heavy atom. The van der Waals surface area contributed by atoms with Gasteiger partial charge < -0.3 is 15.2 Å². The van der Waals surface area contributed by atoms with Crippen LogP contribution < -0.4 is 10.6 Å². The number of aromatic nitrogens is 3. The van der Waals surface area contributed by atoms with Crippen LogP contribution in [0.1, 0.15) is 21.7 Å². The second-order valence-corrected chi connectivity index (χ2v) is 8.03. The Morgan fingerprint density at radius 3 is 2.48 bits per heavy atom. The molecule has 0 saturated carbocycles. The van der Waals surface area contributed by atoms with Crippen molar-refractivity contribution >= 4 is 40.9 Å². The number of hydrogen-bond acceptors (Lipinski definition) is 5. The van der Waals surface area contributed by atoms with Gasteiger partial charge in [-0.3, -0.25) is 9.59 Å². The van der Waals surface area contributed by atoms with Crippen molar-refractivity contribution in [2.45, 2.75) is 17.9 Å². The molecule has 1 heterocycles. The number of nitrogens with zero attached hydrogens (tertiary/aromatic N) is 3. The van der Waals surface area contributed by atoms with Crippen molar-refractivity contribution in [2.75, 3.05) is 11.1 Å². The van der Waals surface area contributed by atoms with Crippen LogP contribution in [0.2, 0.25) is 5.02 Å². The molecule has 3 aromatic rings. The zero-order chi connectivity index (χ0) is 24.2. The number of carbonyl (C=O) groups excluding carboxylic acids is 2. The monoisotopic (exact) mass is 501 g/mol. The molecule has 3 rings (SSSR count). The van der Waals surface area contributed by atoms with E-state index in [1.54, 1.807) is 11.6 Å². The number of rotatable bonds is 7. The first-order valence-electron chi connectivity index (χ1n) is 9.26. The van der Waals surface area contributed by atoms with Crippen LogP contribution in [0, 0.1) is 5.82 Å². The Morgan fingerprint density at radius 1 is 1.12 bits per heavy atom. The number of halogens is 5. The van der Waals surface area contributed by atoms with Gasteiger partial charge in [-0.2, -0.15) is 13.2 Å². The topological polar surface area (TPSA) is 88.9 Å². The van der Waals surface area contributed by atoms with E-state index in [0.717, 1.165) is 30.0 Å². The fourth-order valence-corrected chi connectivity index (χ4v) is 3.50. The summed E-state index contributed by atoms with van der Waals surface area (Å²) >= 11 is 6.88. The Labute approximate surface area is 194 Å². The van der Waals surface area contributed by atoms with Crippen molar-refractivity contribution in [3.05, 3.63) is 70.3 Å². The van der Waals surface area contributed by atoms with E-state index in [1.807, 2.05) is 0 Å². The number of carbonyl (C=O) groups is 2. The third-order valence-corrected chi connectivity index (χ3v) is 5.69. The lowest BCUT2D eigenvalue weighted by Crippen LogP contribution is -2.24. The van der Waals surface area contributed by atoms with Crippen LogP contribution >= 0.6 is 23.4 Å². The maximum Gasteiger partial charge on any atom is 0.416 e. The van der Waals surface area contributed by atoms with Crippen LogP contribution in [0.4, 0.5) is 23.2 Å². The van der Waals surface area contributed by atoms with Gasteiger partial charge in [-0.1, -0.05) is 23.4 Å². The SMILES string of the molecule is Cn1c(CNC(=O)c2ccc(F)cc2)nnc1SCC(=O)Nc1cc(C(F)(F)F)ccc1Cl. The van der Waals surface area contributed by atoms with Gasteiger partial charge in [-0.25, -0.2) is 4.39 Å². The smallest absolute Gasteiger partial charge is 0.345 e. The van der Waals surface area contributed by atoms with Crippen LogP contribution in [-0.4, -0.2) is 32.3 Å². The van der Waals surface area contributed by atoms with Crippen LogP contribution in [-0.2, 0) is 24.6 Å². The first-order chi connectivity index (χ1) is 15.5. The van der Waals surface area contributed by atoms with Crippen LogP contribution in [0.3, 0.4) is 0 Å². The normalized spacial score (nSPS) is 11.3. The summed E-state index contributed by atoms with van der Waals surface area (Å²) in [6.07, 6.45) is -4.57. The van der Waals surface area contributed by atoms with Crippen LogP contribution in [0.25, 0.3) is 0 Å². The molecule has 0 aliphatic rings. The Bertz CT molecular complexity index is 1170. The lowest BCUT2D eigenvalue weighted by atomic mass is 10.2. The second kappa shape index (κ2) is 10.2. The summed E-state index contributed by atoms with van der Waals surface area (Å²) in [5, 5.41) is 13.2. The fraction of sp³-hybridized carbons (Fsp3) is 0.200. The largest absolute Gasteiger partial charge is 0.416 e. The maximum absolute atomic E-state index is 13.0. The predicted octanol–water partition coefficient (Wildman–Crippen LogP) is 4.29. The average molecular weight is 502 g/mol. The number of thioether (sulfide) groups is 1. The number of hydrogen-bond donors (Lipinski definition) is 2. The Balaban J connectivity index is 1.55. The molecule has 0 spiro atoms. The summed E-state index contributed by atoms with van der Waals surface area (Å²) in [4.78, 5) is 24.3. The molecule has 0 aliphatic carbocycles. The minimum Gasteiger partial charge on any atom is -0.345 e. The number of alkyl halides is 3. The maximum atomic E-state index is 13.0. The van der Waals surface area contributed by atoms with Crippen molar-refractivity contribution < 1.29 is 27.2 Å². The van der Waals surface area contributed by atoms with E-state index in [-0.39, 0.29) is 28.6 Å². The fourth-order valence-electron chi connectivity index (χ4n) is 2.60. The zero-order valence-corrected chi connectivity index (χ0v) is 18.5. The molecule has 13 heteroatoms. The van der Waals surface area contributed by atoms with Gasteiger partial charge in [0.15, 0.2) is 11.0 Å². The average Bonchev–Trinajstić information content (AvgIpc) is 3.11. The highest BCUT2D eigenvalue weighted by Gasteiger charge is 2.31. The molecule has 0 radical (unpaired) electrons. The minimum atomic E-state index is -4.57. The van der Waals surface area contributed by atoms with Gasteiger partial charge in [0.25, 0.3) is 5.91 Å². The number of benzene rings is 2. The Kier molecular flexibility index (Phi) is 7.59. The molecule has 2 amide bonds. The van der Waals surface area contributed by atoms with Crippen molar-refractivity contribution in [1.82, 2.24) is 20.1 Å². The van der Waals surface area contributed by atoms with Gasteiger partial charge in [-0.15, -0.1) is 10.2 Å². The van der Waals surface area contributed by atoms with Gasteiger partial charge in [0, 0.05) is 12.6 Å². The van der Waals surface area contributed by atoms with E-state index < -0.39 is 29.4 Å². The molecular weight excluding hydrogens is 486 g/mol. The molecule has 0 fully saturated rings. The van der Waals surface area contributed by atoms with E-state index in [0.29, 0.717) is 11.0 Å². The molecule has 2 N–H and O–H groups in total. The third kappa shape index (κ3) is 6.45. The summed E-state index contributed by atoms with van der Waals surface area (Å²) < 4.78 is 53.1. The quantitative estimate of drug-likeness (QED) is 0.372. The highest BCUT2D eigenvalue weighted by Crippen LogP contribution is 2.34. The van der Waals surface area contributed by atoms with E-state index in [2.05, 4.69) is 20.8 Å². The van der Waals surface area contributed by atoms with Gasteiger partial charge >= 0.3 is 6.18 Å². The third-order valence-electron chi connectivity index (χ3n) is 4.34.